The second-order valence-corrected chi connectivity index (χ2v) is 9.38. The monoisotopic (exact) mass is 477 g/mol. The number of amides is 1. The quantitative estimate of drug-likeness (QED) is 0.630. The number of carbonyl (C=O) groups is 1. The summed E-state index contributed by atoms with van der Waals surface area (Å²) in [5, 5.41) is 5.43. The Labute approximate surface area is 207 Å². The Balaban J connectivity index is 1.68. The second kappa shape index (κ2) is 10.5. The fourth-order valence-corrected chi connectivity index (χ4v) is 4.58. The van der Waals surface area contributed by atoms with Gasteiger partial charge in [-0.1, -0.05) is 37.8 Å². The van der Waals surface area contributed by atoms with Crippen molar-refractivity contribution in [3.8, 4) is 17.2 Å². The van der Waals surface area contributed by atoms with Gasteiger partial charge < -0.3 is 24.4 Å². The number of methoxy groups -OCH3 is 1. The number of hydrogen-bond acceptors (Lipinski definition) is 6. The molecule has 186 valence electrons. The van der Waals surface area contributed by atoms with Crippen LogP contribution in [0.5, 0.6) is 17.2 Å². The summed E-state index contributed by atoms with van der Waals surface area (Å²) in [6.45, 7) is 11.5. The van der Waals surface area contributed by atoms with Gasteiger partial charge in [-0.3, -0.25) is 9.78 Å². The van der Waals surface area contributed by atoms with Gasteiger partial charge in [0, 0.05) is 32.0 Å². The number of carbonyl (C=O) groups excluding carboxylic acids is 1. The first-order valence-electron chi connectivity index (χ1n) is 12.2. The van der Waals surface area contributed by atoms with Crippen LogP contribution in [0.1, 0.15) is 56.1 Å². The molecule has 0 saturated carbocycles. The maximum atomic E-state index is 13.8. The first-order chi connectivity index (χ1) is 16.8. The van der Waals surface area contributed by atoms with Crippen molar-refractivity contribution in [3.63, 3.8) is 0 Å². The highest BCUT2D eigenvalue weighted by molar-refractivity contribution is 5.95. The molecule has 1 fully saturated rings. The normalized spacial score (nSPS) is 19.1. The number of benzene rings is 1. The van der Waals surface area contributed by atoms with E-state index >= 15 is 0 Å². The third kappa shape index (κ3) is 5.68. The standard InChI is InChI=1S/C28H35N3O4/c1-6-9-19-12-13-22(30-23(19)10-7-2)18-31(17-21-11-8-14-29-21)27(32)20-15-24(33-5)26-25(16-20)34-28(3,4)35-26/h6,9-10,12-13,15-16,21,29H,1,7-8,11,14,17-18H2,2-5H3/b19-9-,23-10+/t21-/m0/s1. The van der Waals surface area contributed by atoms with Crippen LogP contribution in [-0.4, -0.2) is 47.8 Å². The predicted octanol–water partition coefficient (Wildman–Crippen LogP) is 3.15. The van der Waals surface area contributed by atoms with Crippen molar-refractivity contribution in [2.45, 2.75) is 58.4 Å². The van der Waals surface area contributed by atoms with Gasteiger partial charge in [0.05, 0.1) is 24.7 Å². The number of aromatic nitrogens is 1. The van der Waals surface area contributed by atoms with Gasteiger partial charge >= 0.3 is 0 Å². The van der Waals surface area contributed by atoms with E-state index in [4.69, 9.17) is 19.2 Å². The van der Waals surface area contributed by atoms with Gasteiger partial charge in [-0.05, 0) is 49.2 Å². The number of nitrogens with one attached hydrogen (secondary N) is 1. The number of hydrogen-bond donors (Lipinski definition) is 1. The van der Waals surface area contributed by atoms with E-state index in [0.29, 0.717) is 35.9 Å². The highest BCUT2D eigenvalue weighted by Crippen LogP contribution is 2.46. The largest absolute Gasteiger partial charge is 0.493 e. The number of allylic oxidation sites excluding steroid dienone is 1. The summed E-state index contributed by atoms with van der Waals surface area (Å²) in [6, 6.07) is 7.74. The molecule has 0 spiro atoms. The van der Waals surface area contributed by atoms with Crippen LogP contribution in [0.3, 0.4) is 0 Å². The van der Waals surface area contributed by atoms with Crippen molar-refractivity contribution in [2.75, 3.05) is 20.2 Å². The maximum Gasteiger partial charge on any atom is 0.254 e. The van der Waals surface area contributed by atoms with E-state index in [0.717, 1.165) is 42.1 Å². The summed E-state index contributed by atoms with van der Waals surface area (Å²) in [4.78, 5) is 20.6. The maximum absolute atomic E-state index is 13.8. The average Bonchev–Trinajstić information content (AvgIpc) is 3.45. The third-order valence-corrected chi connectivity index (χ3v) is 6.14. The molecule has 0 aliphatic carbocycles. The van der Waals surface area contributed by atoms with E-state index in [1.807, 2.05) is 37.0 Å². The van der Waals surface area contributed by atoms with E-state index in [1.54, 1.807) is 25.3 Å². The molecule has 1 atom stereocenters. The van der Waals surface area contributed by atoms with Crippen molar-refractivity contribution in [1.82, 2.24) is 15.2 Å². The van der Waals surface area contributed by atoms with Crippen LogP contribution < -0.4 is 30.1 Å². The molecule has 0 radical (unpaired) electrons. The van der Waals surface area contributed by atoms with Crippen LogP contribution in [0.4, 0.5) is 0 Å². The SMILES string of the molecule is C=C/C=c1/ccc(CN(C[C@@H]2CCCN2)C(=O)c2cc(OC)c3c(c2)OC(C)(C)O3)n/c1=C/CC. The molecule has 2 aliphatic rings. The molecule has 4 rings (SSSR count). The molecule has 1 amide bonds. The van der Waals surface area contributed by atoms with Crippen molar-refractivity contribution in [1.29, 1.82) is 0 Å². The summed E-state index contributed by atoms with van der Waals surface area (Å²) >= 11 is 0. The van der Waals surface area contributed by atoms with Crippen molar-refractivity contribution < 1.29 is 19.0 Å². The van der Waals surface area contributed by atoms with Gasteiger partial charge in [0.25, 0.3) is 5.91 Å². The Bertz CT molecular complexity index is 1220. The fourth-order valence-electron chi connectivity index (χ4n) is 4.58. The van der Waals surface area contributed by atoms with Crippen molar-refractivity contribution >= 4 is 18.1 Å². The van der Waals surface area contributed by atoms with Crippen LogP contribution in [0.15, 0.2) is 36.9 Å². The molecule has 3 heterocycles. The number of fused-ring (bicyclic) bond motifs is 1. The smallest absolute Gasteiger partial charge is 0.254 e. The molecule has 1 aromatic carbocycles. The summed E-state index contributed by atoms with van der Waals surface area (Å²) in [5.74, 6) is 0.605. The van der Waals surface area contributed by atoms with Crippen LogP contribution in [0.25, 0.3) is 12.2 Å². The van der Waals surface area contributed by atoms with Gasteiger partial charge in [0.2, 0.25) is 11.5 Å². The molecule has 7 heteroatoms. The molecule has 1 N–H and O–H groups in total. The van der Waals surface area contributed by atoms with Gasteiger partial charge in [-0.2, -0.15) is 0 Å². The Morgan fingerprint density at radius 1 is 1.34 bits per heavy atom. The molecule has 0 unspecified atom stereocenters. The van der Waals surface area contributed by atoms with Crippen molar-refractivity contribution in [2.24, 2.45) is 0 Å². The Morgan fingerprint density at radius 3 is 2.86 bits per heavy atom. The van der Waals surface area contributed by atoms with Crippen LogP contribution >= 0.6 is 0 Å². The number of ether oxygens (including phenoxy) is 3. The molecule has 2 aliphatic heterocycles. The predicted molar refractivity (Wildman–Crippen MR) is 137 cm³/mol. The molecule has 2 aromatic rings. The Morgan fingerprint density at radius 2 is 2.17 bits per heavy atom. The molecule has 7 nitrogen and oxygen atoms in total. The summed E-state index contributed by atoms with van der Waals surface area (Å²) in [5.41, 5.74) is 1.34. The van der Waals surface area contributed by atoms with Crippen molar-refractivity contribution in [3.05, 3.63) is 58.7 Å². The van der Waals surface area contributed by atoms with Crippen LogP contribution in [0, 0.1) is 0 Å². The number of nitrogens with zero attached hydrogens (tertiary/aromatic N) is 2. The zero-order valence-electron chi connectivity index (χ0n) is 21.1. The Hall–Kier alpha value is -3.32. The van der Waals surface area contributed by atoms with Crippen LogP contribution in [-0.2, 0) is 6.54 Å². The summed E-state index contributed by atoms with van der Waals surface area (Å²) < 4.78 is 17.3. The number of rotatable bonds is 8. The Kier molecular flexibility index (Phi) is 7.45. The van der Waals surface area contributed by atoms with Gasteiger partial charge in [0.15, 0.2) is 11.5 Å². The lowest BCUT2D eigenvalue weighted by Gasteiger charge is -2.26. The first-order valence-corrected chi connectivity index (χ1v) is 12.2. The van der Waals surface area contributed by atoms with E-state index in [-0.39, 0.29) is 11.9 Å². The minimum Gasteiger partial charge on any atom is -0.493 e. The molecule has 1 saturated heterocycles. The van der Waals surface area contributed by atoms with Gasteiger partial charge in [-0.25, -0.2) is 0 Å². The van der Waals surface area contributed by atoms with E-state index in [2.05, 4.69) is 24.9 Å². The molecule has 35 heavy (non-hydrogen) atoms. The minimum atomic E-state index is -0.814. The highest BCUT2D eigenvalue weighted by Gasteiger charge is 2.36. The molecule has 1 aromatic heterocycles. The van der Waals surface area contributed by atoms with E-state index in [9.17, 15) is 4.79 Å². The van der Waals surface area contributed by atoms with E-state index < -0.39 is 5.79 Å². The minimum absolute atomic E-state index is 0.0994. The molecular weight excluding hydrogens is 442 g/mol. The van der Waals surface area contributed by atoms with Crippen LogP contribution in [0.2, 0.25) is 0 Å². The zero-order valence-corrected chi connectivity index (χ0v) is 21.1. The van der Waals surface area contributed by atoms with Gasteiger partial charge in [-0.15, -0.1) is 0 Å². The highest BCUT2D eigenvalue weighted by atomic mass is 16.7. The summed E-state index contributed by atoms with van der Waals surface area (Å²) in [7, 11) is 1.57. The average molecular weight is 478 g/mol. The molecular formula is C28H35N3O4. The third-order valence-electron chi connectivity index (χ3n) is 6.14. The van der Waals surface area contributed by atoms with E-state index in [1.165, 1.54) is 0 Å². The fraction of sp³-hybridized carbons (Fsp3) is 0.429. The first kappa shape index (κ1) is 24.8. The molecule has 0 bridgehead atoms. The number of pyridine rings is 1. The second-order valence-electron chi connectivity index (χ2n) is 9.38. The topological polar surface area (TPSA) is 72.9 Å². The lowest BCUT2D eigenvalue weighted by Crippen LogP contribution is -2.41. The zero-order chi connectivity index (χ0) is 25.0. The van der Waals surface area contributed by atoms with Gasteiger partial charge in [0.1, 0.15) is 0 Å². The lowest BCUT2D eigenvalue weighted by molar-refractivity contribution is -0.0439. The lowest BCUT2D eigenvalue weighted by atomic mass is 10.1. The summed E-state index contributed by atoms with van der Waals surface area (Å²) in [6.07, 6.45) is 8.82.